The zero-order valence-electron chi connectivity index (χ0n) is 16.6. The van der Waals surface area contributed by atoms with Gasteiger partial charge in [-0.25, -0.2) is 19.3 Å². The monoisotopic (exact) mass is 418 g/mol. The molecule has 2 aromatic heterocycles. The van der Waals surface area contributed by atoms with Crippen LogP contribution in [-0.4, -0.2) is 33.0 Å². The number of carboxylic acids is 1. The summed E-state index contributed by atoms with van der Waals surface area (Å²) in [5.74, 6) is -0.192. The fourth-order valence-electron chi connectivity index (χ4n) is 3.26. The number of aromatic carboxylic acids is 1. The van der Waals surface area contributed by atoms with Gasteiger partial charge < -0.3 is 9.84 Å². The zero-order chi connectivity index (χ0) is 21.4. The third kappa shape index (κ3) is 3.29. The van der Waals surface area contributed by atoms with E-state index >= 15 is 0 Å². The molecule has 1 N–H and O–H groups in total. The van der Waals surface area contributed by atoms with E-state index in [0.29, 0.717) is 21.7 Å². The predicted molar refractivity (Wildman–Crippen MR) is 116 cm³/mol. The van der Waals surface area contributed by atoms with E-state index < -0.39 is 5.97 Å². The van der Waals surface area contributed by atoms with Gasteiger partial charge in [-0.3, -0.25) is 0 Å². The summed E-state index contributed by atoms with van der Waals surface area (Å²) in [6, 6.07) is 12.6. The summed E-state index contributed by atoms with van der Waals surface area (Å²) in [4.78, 5) is 21.0. The molecule has 0 aliphatic heterocycles. The third-order valence-corrected chi connectivity index (χ3v) is 6.02. The number of aromatic nitrogens is 3. The largest absolute Gasteiger partial charge is 0.497 e. The Hall–Kier alpha value is -3.70. The number of thiazole rings is 1. The van der Waals surface area contributed by atoms with Gasteiger partial charge in [0.25, 0.3) is 0 Å². The van der Waals surface area contributed by atoms with Crippen molar-refractivity contribution in [3.8, 4) is 22.1 Å². The van der Waals surface area contributed by atoms with Gasteiger partial charge in [0.05, 0.1) is 24.9 Å². The Kier molecular flexibility index (Phi) is 4.98. The number of rotatable bonds is 5. The first-order valence-electron chi connectivity index (χ1n) is 9.22. The van der Waals surface area contributed by atoms with Gasteiger partial charge in [-0.1, -0.05) is 43.4 Å². The van der Waals surface area contributed by atoms with E-state index in [0.717, 1.165) is 21.9 Å². The van der Waals surface area contributed by atoms with E-state index in [-0.39, 0.29) is 11.6 Å². The van der Waals surface area contributed by atoms with Crippen LogP contribution in [0.2, 0.25) is 0 Å². The molecule has 4 rings (SSSR count). The van der Waals surface area contributed by atoms with Crippen molar-refractivity contribution in [1.29, 1.82) is 0 Å². The maximum Gasteiger partial charge on any atom is 0.357 e. The van der Waals surface area contributed by atoms with Gasteiger partial charge in [0.1, 0.15) is 5.75 Å². The number of hydrogen-bond acceptors (Lipinski definition) is 5. The van der Waals surface area contributed by atoms with E-state index in [2.05, 4.69) is 23.8 Å². The fourth-order valence-corrected chi connectivity index (χ4v) is 4.31. The maximum atomic E-state index is 11.7. The molecule has 0 radical (unpaired) electrons. The second kappa shape index (κ2) is 7.61. The van der Waals surface area contributed by atoms with Gasteiger partial charge in [-0.15, -0.1) is 0 Å². The topological polar surface area (TPSA) is 81.6 Å². The quantitative estimate of drug-likeness (QED) is 0.431. The van der Waals surface area contributed by atoms with E-state index in [1.54, 1.807) is 30.0 Å². The number of fused-ring (bicyclic) bond motifs is 1. The average molecular weight is 418 g/mol. The van der Waals surface area contributed by atoms with Gasteiger partial charge in [0.15, 0.2) is 11.4 Å². The molecule has 2 aromatic carbocycles. The lowest BCUT2D eigenvalue weighted by molar-refractivity contribution is 0.0692. The predicted octanol–water partition coefficient (Wildman–Crippen LogP) is 5.53. The first-order valence-corrected chi connectivity index (χ1v) is 10.0. The van der Waals surface area contributed by atoms with Crippen LogP contribution in [0.25, 0.3) is 32.1 Å². The minimum Gasteiger partial charge on any atom is -0.497 e. The van der Waals surface area contributed by atoms with E-state index in [1.807, 2.05) is 24.3 Å². The number of nitrogens with zero attached hydrogens (tertiary/aromatic N) is 4. The number of carbonyl (C=O) groups is 1. The average Bonchev–Trinajstić information content (AvgIpc) is 3.35. The van der Waals surface area contributed by atoms with E-state index in [4.69, 9.17) is 16.3 Å². The summed E-state index contributed by atoms with van der Waals surface area (Å²) in [7, 11) is 1.62. The lowest BCUT2D eigenvalue weighted by atomic mass is 10.1. The van der Waals surface area contributed by atoms with Crippen LogP contribution in [0.1, 0.15) is 35.1 Å². The van der Waals surface area contributed by atoms with Gasteiger partial charge in [0.2, 0.25) is 5.13 Å². The first kappa shape index (κ1) is 19.6. The third-order valence-electron chi connectivity index (χ3n) is 4.69. The Morgan fingerprint density at radius 3 is 2.73 bits per heavy atom. The van der Waals surface area contributed by atoms with Crippen LogP contribution in [0.15, 0.2) is 42.5 Å². The van der Waals surface area contributed by atoms with Gasteiger partial charge in [-0.05, 0) is 30.2 Å². The molecule has 7 nitrogen and oxygen atoms in total. The van der Waals surface area contributed by atoms with E-state index in [1.165, 1.54) is 11.3 Å². The van der Waals surface area contributed by atoms with E-state index in [9.17, 15) is 9.90 Å². The minimum absolute atomic E-state index is 0.0975. The minimum atomic E-state index is -1.14. The molecular formula is C22H18N4O3S. The lowest BCUT2D eigenvalue weighted by Gasteiger charge is -2.06. The molecular weight excluding hydrogens is 400 g/mol. The normalized spacial score (nSPS) is 11.0. The number of benzene rings is 2. The molecule has 0 saturated heterocycles. The van der Waals surface area contributed by atoms with Crippen LogP contribution in [0, 0.1) is 6.57 Å². The fraction of sp³-hybridized carbons (Fsp3) is 0.182. The van der Waals surface area contributed by atoms with Crippen molar-refractivity contribution in [2.75, 3.05) is 7.11 Å². The number of methoxy groups -OCH3 is 1. The van der Waals surface area contributed by atoms with Gasteiger partial charge >= 0.3 is 5.97 Å². The van der Waals surface area contributed by atoms with Crippen LogP contribution in [-0.2, 0) is 0 Å². The highest BCUT2D eigenvalue weighted by Gasteiger charge is 2.22. The molecule has 8 heteroatoms. The molecule has 0 spiro atoms. The summed E-state index contributed by atoms with van der Waals surface area (Å²) in [5, 5.41) is 14.9. The van der Waals surface area contributed by atoms with Crippen molar-refractivity contribution in [3.05, 3.63) is 64.5 Å². The zero-order valence-corrected chi connectivity index (χ0v) is 17.4. The molecule has 0 amide bonds. The van der Waals surface area contributed by atoms with Crippen LogP contribution in [0.4, 0.5) is 5.69 Å². The summed E-state index contributed by atoms with van der Waals surface area (Å²) >= 11 is 1.47. The first-order chi connectivity index (χ1) is 14.4. The summed E-state index contributed by atoms with van der Waals surface area (Å²) in [5.41, 5.74) is 2.61. The number of ether oxygens (including phenoxy) is 1. The van der Waals surface area contributed by atoms with Crippen LogP contribution < -0.4 is 4.74 Å². The van der Waals surface area contributed by atoms with Gasteiger partial charge in [0, 0.05) is 15.8 Å². The molecule has 0 unspecified atom stereocenters. The summed E-state index contributed by atoms with van der Waals surface area (Å²) in [6.07, 6.45) is 0. The molecule has 0 fully saturated rings. The van der Waals surface area contributed by atoms with Crippen LogP contribution >= 0.6 is 11.3 Å². The highest BCUT2D eigenvalue weighted by molar-refractivity contribution is 7.14. The second-order valence-corrected chi connectivity index (χ2v) is 7.98. The van der Waals surface area contributed by atoms with Crippen molar-refractivity contribution in [3.63, 3.8) is 0 Å². The Balaban J connectivity index is 1.94. The molecule has 0 saturated carbocycles. The smallest absolute Gasteiger partial charge is 0.357 e. The highest BCUT2D eigenvalue weighted by Crippen LogP contribution is 2.37. The van der Waals surface area contributed by atoms with Crippen molar-refractivity contribution >= 4 is 33.9 Å². The van der Waals surface area contributed by atoms with Crippen molar-refractivity contribution in [2.24, 2.45) is 0 Å². The Labute approximate surface area is 177 Å². The maximum absolute atomic E-state index is 11.7. The molecule has 30 heavy (non-hydrogen) atoms. The number of carboxylic acid groups (broad SMARTS) is 1. The Morgan fingerprint density at radius 2 is 2.07 bits per heavy atom. The molecule has 0 atom stereocenters. The molecule has 4 aromatic rings. The second-order valence-electron chi connectivity index (χ2n) is 6.97. The van der Waals surface area contributed by atoms with Crippen LogP contribution in [0.3, 0.4) is 0 Å². The summed E-state index contributed by atoms with van der Waals surface area (Å²) in [6.45, 7) is 11.4. The highest BCUT2D eigenvalue weighted by atomic mass is 32.1. The van der Waals surface area contributed by atoms with Crippen molar-refractivity contribution in [1.82, 2.24) is 14.8 Å². The standard InChI is InChI=1S/C22H18N4O3S/c1-12(2)20-18(13-6-5-7-15(10-13)29-4)24-22(30-20)26-17-9-8-14(23-3)11-16(17)19(25-26)21(27)28/h5-12H,1-2,4H3,(H,27,28). The van der Waals surface area contributed by atoms with Crippen LogP contribution in [0.5, 0.6) is 5.75 Å². The molecule has 2 heterocycles. The van der Waals surface area contributed by atoms with Crippen molar-refractivity contribution < 1.29 is 14.6 Å². The molecule has 0 aliphatic carbocycles. The molecule has 0 bridgehead atoms. The summed E-state index contributed by atoms with van der Waals surface area (Å²) < 4.78 is 6.89. The lowest BCUT2D eigenvalue weighted by Crippen LogP contribution is -2.01. The van der Waals surface area contributed by atoms with Crippen molar-refractivity contribution in [2.45, 2.75) is 19.8 Å². The number of hydrogen-bond donors (Lipinski definition) is 1. The molecule has 150 valence electrons. The SMILES string of the molecule is [C-]#[N+]c1ccc2c(c1)c(C(=O)O)nn2-c1nc(-c2cccc(OC)c2)c(C(C)C)s1. The Bertz CT molecular complexity index is 1310. The Morgan fingerprint density at radius 1 is 1.27 bits per heavy atom. The molecule has 0 aliphatic rings. The van der Waals surface area contributed by atoms with Gasteiger partial charge in [-0.2, -0.15) is 5.10 Å².